The Morgan fingerprint density at radius 2 is 2.05 bits per heavy atom. The van der Waals surface area contributed by atoms with E-state index >= 15 is 0 Å². The molecule has 118 valence electrons. The maximum absolute atomic E-state index is 5.34. The molecule has 0 radical (unpaired) electrons. The molecule has 1 aliphatic carbocycles. The zero-order chi connectivity index (χ0) is 14.9. The van der Waals surface area contributed by atoms with Gasteiger partial charge in [0.05, 0.1) is 13.7 Å². The number of hydrogen-bond donors (Lipinski definition) is 1. The van der Waals surface area contributed by atoms with Crippen molar-refractivity contribution >= 4 is 0 Å². The van der Waals surface area contributed by atoms with Gasteiger partial charge in [-0.05, 0) is 42.5 Å². The predicted molar refractivity (Wildman–Crippen MR) is 86.9 cm³/mol. The van der Waals surface area contributed by atoms with E-state index in [1.165, 1.54) is 31.2 Å². The third-order valence-corrected chi connectivity index (χ3v) is 4.59. The molecule has 1 unspecified atom stereocenters. The van der Waals surface area contributed by atoms with E-state index in [1.807, 2.05) is 6.07 Å². The Bertz CT molecular complexity index is 402. The molecule has 1 N–H and O–H groups in total. The van der Waals surface area contributed by atoms with Gasteiger partial charge in [-0.3, -0.25) is 0 Å². The second kappa shape index (κ2) is 9.06. The molecule has 0 saturated heterocycles. The summed E-state index contributed by atoms with van der Waals surface area (Å²) < 4.78 is 10.5. The maximum Gasteiger partial charge on any atom is 0.119 e. The highest BCUT2D eigenvalue weighted by atomic mass is 16.5. The normalized spacial score (nSPS) is 17.0. The van der Waals surface area contributed by atoms with Crippen molar-refractivity contribution in [2.75, 3.05) is 33.9 Å². The topological polar surface area (TPSA) is 30.5 Å². The summed E-state index contributed by atoms with van der Waals surface area (Å²) in [4.78, 5) is 0. The number of ether oxygens (including phenoxy) is 2. The van der Waals surface area contributed by atoms with Crippen LogP contribution >= 0.6 is 0 Å². The zero-order valence-corrected chi connectivity index (χ0v) is 13.4. The molecule has 0 amide bonds. The minimum absolute atomic E-state index is 0.719. The summed E-state index contributed by atoms with van der Waals surface area (Å²) in [7, 11) is 3.49. The van der Waals surface area contributed by atoms with Gasteiger partial charge in [-0.15, -0.1) is 0 Å². The van der Waals surface area contributed by atoms with Gasteiger partial charge in [-0.2, -0.15) is 0 Å². The van der Waals surface area contributed by atoms with Crippen molar-refractivity contribution in [3.05, 3.63) is 29.8 Å². The third-order valence-electron chi connectivity index (χ3n) is 4.59. The first-order valence-corrected chi connectivity index (χ1v) is 8.16. The molecule has 1 aromatic carbocycles. The molecule has 1 aromatic rings. The zero-order valence-electron chi connectivity index (χ0n) is 13.4. The van der Waals surface area contributed by atoms with Crippen LogP contribution in [-0.2, 0) is 11.2 Å². The highest BCUT2D eigenvalue weighted by Crippen LogP contribution is 2.33. The third kappa shape index (κ3) is 5.33. The summed E-state index contributed by atoms with van der Waals surface area (Å²) in [6.45, 7) is 2.82. The number of nitrogens with one attached hydrogen (secondary N) is 1. The van der Waals surface area contributed by atoms with Crippen LogP contribution in [0.1, 0.15) is 31.2 Å². The van der Waals surface area contributed by atoms with Crippen molar-refractivity contribution in [3.63, 3.8) is 0 Å². The van der Waals surface area contributed by atoms with Crippen LogP contribution in [0.3, 0.4) is 0 Å². The Labute approximate surface area is 129 Å². The van der Waals surface area contributed by atoms with Gasteiger partial charge in [0.25, 0.3) is 0 Å². The van der Waals surface area contributed by atoms with E-state index in [4.69, 9.17) is 9.47 Å². The fourth-order valence-corrected chi connectivity index (χ4v) is 3.40. The second-order valence-electron chi connectivity index (χ2n) is 6.06. The predicted octanol–water partition coefficient (Wildman–Crippen LogP) is 3.28. The Morgan fingerprint density at radius 1 is 1.24 bits per heavy atom. The summed E-state index contributed by atoms with van der Waals surface area (Å²) in [5.74, 6) is 2.55. The van der Waals surface area contributed by atoms with Crippen LogP contribution < -0.4 is 10.1 Å². The second-order valence-corrected chi connectivity index (χ2v) is 6.06. The molecule has 1 saturated carbocycles. The highest BCUT2D eigenvalue weighted by Gasteiger charge is 2.24. The lowest BCUT2D eigenvalue weighted by molar-refractivity contribution is 0.195. The molecule has 2 rings (SSSR count). The lowest BCUT2D eigenvalue weighted by Crippen LogP contribution is -2.31. The minimum Gasteiger partial charge on any atom is -0.497 e. The highest BCUT2D eigenvalue weighted by molar-refractivity contribution is 5.28. The van der Waals surface area contributed by atoms with Crippen molar-refractivity contribution in [1.82, 2.24) is 5.32 Å². The van der Waals surface area contributed by atoms with Crippen molar-refractivity contribution < 1.29 is 9.47 Å². The average Bonchev–Trinajstić information content (AvgIpc) is 3.05. The van der Waals surface area contributed by atoms with E-state index < -0.39 is 0 Å². The van der Waals surface area contributed by atoms with Crippen LogP contribution in [0.15, 0.2) is 24.3 Å². The van der Waals surface area contributed by atoms with E-state index in [-0.39, 0.29) is 0 Å². The molecule has 0 aliphatic heterocycles. The largest absolute Gasteiger partial charge is 0.497 e. The molecule has 3 heteroatoms. The van der Waals surface area contributed by atoms with Gasteiger partial charge in [0, 0.05) is 13.7 Å². The first-order valence-electron chi connectivity index (χ1n) is 8.16. The van der Waals surface area contributed by atoms with E-state index in [0.29, 0.717) is 0 Å². The molecule has 0 spiro atoms. The molecular formula is C18H29NO2. The molecule has 0 bridgehead atoms. The molecule has 0 aromatic heterocycles. The van der Waals surface area contributed by atoms with E-state index in [0.717, 1.165) is 43.7 Å². The van der Waals surface area contributed by atoms with Gasteiger partial charge < -0.3 is 14.8 Å². The van der Waals surface area contributed by atoms with Crippen LogP contribution in [0.2, 0.25) is 0 Å². The molecule has 3 nitrogen and oxygen atoms in total. The number of methoxy groups -OCH3 is 2. The Balaban J connectivity index is 1.93. The SMILES string of the molecule is COCCNCC(Cc1cccc(OC)c1)C1CCCC1. The molecular weight excluding hydrogens is 262 g/mol. The van der Waals surface area contributed by atoms with Gasteiger partial charge in [-0.1, -0.05) is 37.8 Å². The summed E-state index contributed by atoms with van der Waals surface area (Å²) in [5, 5.41) is 3.56. The minimum atomic E-state index is 0.719. The molecule has 0 heterocycles. The average molecular weight is 291 g/mol. The Morgan fingerprint density at radius 3 is 2.76 bits per heavy atom. The molecule has 1 fully saturated rings. The standard InChI is InChI=1S/C18H29NO2/c1-20-11-10-19-14-17(16-7-3-4-8-16)12-15-6-5-9-18(13-15)21-2/h5-6,9,13,16-17,19H,3-4,7-8,10-12,14H2,1-2H3. The van der Waals surface area contributed by atoms with Crippen molar-refractivity contribution in [2.24, 2.45) is 11.8 Å². The summed E-state index contributed by atoms with van der Waals surface area (Å²) in [6.07, 6.45) is 6.72. The maximum atomic E-state index is 5.34. The Kier molecular flexibility index (Phi) is 7.04. The quantitative estimate of drug-likeness (QED) is 0.708. The van der Waals surface area contributed by atoms with Gasteiger partial charge >= 0.3 is 0 Å². The van der Waals surface area contributed by atoms with Crippen LogP contribution in [0.4, 0.5) is 0 Å². The van der Waals surface area contributed by atoms with Crippen LogP contribution in [0.25, 0.3) is 0 Å². The number of hydrogen-bond acceptors (Lipinski definition) is 3. The van der Waals surface area contributed by atoms with Gasteiger partial charge in [-0.25, -0.2) is 0 Å². The van der Waals surface area contributed by atoms with E-state index in [2.05, 4.69) is 23.5 Å². The summed E-state index contributed by atoms with van der Waals surface area (Å²) in [6, 6.07) is 8.51. The van der Waals surface area contributed by atoms with Crippen LogP contribution in [0, 0.1) is 11.8 Å². The molecule has 1 aliphatic rings. The number of rotatable bonds is 9. The van der Waals surface area contributed by atoms with Gasteiger partial charge in [0.15, 0.2) is 0 Å². The lowest BCUT2D eigenvalue weighted by Gasteiger charge is -2.24. The first-order chi connectivity index (χ1) is 10.3. The fraction of sp³-hybridized carbons (Fsp3) is 0.667. The Hall–Kier alpha value is -1.06. The smallest absolute Gasteiger partial charge is 0.119 e. The fourth-order valence-electron chi connectivity index (χ4n) is 3.40. The van der Waals surface area contributed by atoms with Crippen molar-refractivity contribution in [1.29, 1.82) is 0 Å². The van der Waals surface area contributed by atoms with E-state index in [1.54, 1.807) is 14.2 Å². The van der Waals surface area contributed by atoms with Crippen LogP contribution in [0.5, 0.6) is 5.75 Å². The van der Waals surface area contributed by atoms with Gasteiger partial charge in [0.1, 0.15) is 5.75 Å². The molecule has 21 heavy (non-hydrogen) atoms. The van der Waals surface area contributed by atoms with Crippen molar-refractivity contribution in [3.8, 4) is 5.75 Å². The monoisotopic (exact) mass is 291 g/mol. The van der Waals surface area contributed by atoms with Crippen molar-refractivity contribution in [2.45, 2.75) is 32.1 Å². The molecule has 1 atom stereocenters. The van der Waals surface area contributed by atoms with Gasteiger partial charge in [0.2, 0.25) is 0 Å². The summed E-state index contributed by atoms with van der Waals surface area (Å²) in [5.41, 5.74) is 1.39. The lowest BCUT2D eigenvalue weighted by atomic mass is 9.85. The summed E-state index contributed by atoms with van der Waals surface area (Å²) >= 11 is 0. The van der Waals surface area contributed by atoms with E-state index in [9.17, 15) is 0 Å². The van der Waals surface area contributed by atoms with Crippen LogP contribution in [-0.4, -0.2) is 33.9 Å². The first kappa shape index (κ1) is 16.3. The number of benzene rings is 1.